The first-order valence-electron chi connectivity index (χ1n) is 6.77. The summed E-state index contributed by atoms with van der Waals surface area (Å²) in [5.74, 6) is 0.324. The Hall–Kier alpha value is -1.98. The molecule has 0 unspecified atom stereocenters. The number of ether oxygens (including phenoxy) is 1. The molecule has 110 valence electrons. The van der Waals surface area contributed by atoms with E-state index in [9.17, 15) is 9.59 Å². The number of amides is 1. The SMILES string of the molecule is COC(=O)CCCCCCNC(=O)c1cnc(C)nc1. The average molecular weight is 279 g/mol. The lowest BCUT2D eigenvalue weighted by Gasteiger charge is -2.05. The molecule has 0 aliphatic rings. The minimum atomic E-state index is -0.169. The van der Waals surface area contributed by atoms with Gasteiger partial charge in [0.15, 0.2) is 0 Å². The van der Waals surface area contributed by atoms with Crippen LogP contribution >= 0.6 is 0 Å². The van der Waals surface area contributed by atoms with Crippen LogP contribution in [0.5, 0.6) is 0 Å². The molecule has 1 N–H and O–H groups in total. The molecule has 6 heteroatoms. The van der Waals surface area contributed by atoms with Crippen LogP contribution in [0.15, 0.2) is 12.4 Å². The van der Waals surface area contributed by atoms with Gasteiger partial charge in [0.1, 0.15) is 5.82 Å². The van der Waals surface area contributed by atoms with Gasteiger partial charge in [-0.3, -0.25) is 9.59 Å². The molecule has 0 aliphatic heterocycles. The van der Waals surface area contributed by atoms with Crippen LogP contribution in [0.2, 0.25) is 0 Å². The largest absolute Gasteiger partial charge is 0.469 e. The summed E-state index contributed by atoms with van der Waals surface area (Å²) < 4.78 is 4.56. The van der Waals surface area contributed by atoms with Gasteiger partial charge in [-0.05, 0) is 19.8 Å². The molecule has 0 fully saturated rings. The number of carbonyl (C=O) groups is 2. The van der Waals surface area contributed by atoms with Crippen LogP contribution < -0.4 is 5.32 Å². The maximum atomic E-state index is 11.7. The number of nitrogens with one attached hydrogen (secondary N) is 1. The molecule has 0 aromatic carbocycles. The third-order valence-corrected chi connectivity index (χ3v) is 2.86. The normalized spacial score (nSPS) is 10.1. The summed E-state index contributed by atoms with van der Waals surface area (Å²) in [6, 6.07) is 0. The van der Waals surface area contributed by atoms with Crippen molar-refractivity contribution in [2.45, 2.75) is 39.0 Å². The zero-order chi connectivity index (χ0) is 14.8. The highest BCUT2D eigenvalue weighted by atomic mass is 16.5. The zero-order valence-electron chi connectivity index (χ0n) is 12.0. The quantitative estimate of drug-likeness (QED) is 0.578. The van der Waals surface area contributed by atoms with Crippen LogP contribution in [0, 0.1) is 6.92 Å². The number of carbonyl (C=O) groups excluding carboxylic acids is 2. The van der Waals surface area contributed by atoms with E-state index in [0.717, 1.165) is 25.7 Å². The minimum absolute atomic E-state index is 0.153. The van der Waals surface area contributed by atoms with Crippen molar-refractivity contribution in [2.24, 2.45) is 0 Å². The predicted octanol–water partition coefficient (Wildman–Crippen LogP) is 1.64. The Morgan fingerprint density at radius 3 is 2.45 bits per heavy atom. The number of nitrogens with zero attached hydrogens (tertiary/aromatic N) is 2. The molecule has 1 aromatic rings. The zero-order valence-corrected chi connectivity index (χ0v) is 12.0. The molecule has 1 aromatic heterocycles. The Labute approximate surface area is 119 Å². The first-order chi connectivity index (χ1) is 9.63. The summed E-state index contributed by atoms with van der Waals surface area (Å²) in [4.78, 5) is 30.6. The standard InChI is InChI=1S/C14H21N3O3/c1-11-16-9-12(10-17-11)14(19)15-8-6-4-3-5-7-13(18)20-2/h9-10H,3-8H2,1-2H3,(H,15,19). The second-order valence-corrected chi connectivity index (χ2v) is 4.52. The molecule has 20 heavy (non-hydrogen) atoms. The van der Waals surface area contributed by atoms with Gasteiger partial charge in [-0.2, -0.15) is 0 Å². The smallest absolute Gasteiger partial charge is 0.305 e. The number of rotatable bonds is 8. The van der Waals surface area contributed by atoms with Gasteiger partial charge in [0.25, 0.3) is 5.91 Å². The Morgan fingerprint density at radius 1 is 1.15 bits per heavy atom. The molecule has 0 aliphatic carbocycles. The monoisotopic (exact) mass is 279 g/mol. The van der Waals surface area contributed by atoms with Gasteiger partial charge in [0.2, 0.25) is 0 Å². The van der Waals surface area contributed by atoms with Crippen molar-refractivity contribution in [3.8, 4) is 0 Å². The van der Waals surface area contributed by atoms with Crippen LogP contribution in [-0.2, 0) is 9.53 Å². The first kappa shape index (κ1) is 16.1. The lowest BCUT2D eigenvalue weighted by Crippen LogP contribution is -2.24. The highest BCUT2D eigenvalue weighted by Crippen LogP contribution is 2.03. The van der Waals surface area contributed by atoms with Crippen molar-refractivity contribution in [2.75, 3.05) is 13.7 Å². The van der Waals surface area contributed by atoms with Crippen molar-refractivity contribution >= 4 is 11.9 Å². The number of aryl methyl sites for hydroxylation is 1. The van der Waals surface area contributed by atoms with E-state index in [1.54, 1.807) is 6.92 Å². The van der Waals surface area contributed by atoms with Gasteiger partial charge in [-0.15, -0.1) is 0 Å². The van der Waals surface area contributed by atoms with E-state index >= 15 is 0 Å². The third kappa shape index (κ3) is 6.26. The van der Waals surface area contributed by atoms with Gasteiger partial charge in [0, 0.05) is 25.4 Å². The number of unbranched alkanes of at least 4 members (excludes halogenated alkanes) is 3. The van der Waals surface area contributed by atoms with Gasteiger partial charge in [-0.1, -0.05) is 12.8 Å². The Balaban J connectivity index is 2.08. The van der Waals surface area contributed by atoms with E-state index in [1.807, 2.05) is 0 Å². The van der Waals surface area contributed by atoms with E-state index < -0.39 is 0 Å². The van der Waals surface area contributed by atoms with Crippen LogP contribution in [-0.4, -0.2) is 35.5 Å². The fraction of sp³-hybridized carbons (Fsp3) is 0.571. The molecule has 0 saturated heterocycles. The molecule has 1 heterocycles. The molecule has 0 bridgehead atoms. The van der Waals surface area contributed by atoms with Crippen molar-refractivity contribution < 1.29 is 14.3 Å². The topological polar surface area (TPSA) is 81.2 Å². The molecule has 0 atom stereocenters. The van der Waals surface area contributed by atoms with E-state index in [0.29, 0.717) is 24.4 Å². The summed E-state index contributed by atoms with van der Waals surface area (Å²) in [5, 5.41) is 2.82. The molecule has 0 saturated carbocycles. The highest BCUT2D eigenvalue weighted by molar-refractivity contribution is 5.93. The van der Waals surface area contributed by atoms with E-state index in [-0.39, 0.29) is 11.9 Å². The summed E-state index contributed by atoms with van der Waals surface area (Å²) in [6.07, 6.45) is 7.15. The molecule has 0 spiro atoms. The Morgan fingerprint density at radius 2 is 1.80 bits per heavy atom. The van der Waals surface area contributed by atoms with E-state index in [1.165, 1.54) is 19.5 Å². The summed E-state index contributed by atoms with van der Waals surface area (Å²) in [6.45, 7) is 2.39. The maximum Gasteiger partial charge on any atom is 0.305 e. The summed E-state index contributed by atoms with van der Waals surface area (Å²) in [7, 11) is 1.40. The minimum Gasteiger partial charge on any atom is -0.469 e. The van der Waals surface area contributed by atoms with Crippen molar-refractivity contribution in [3.05, 3.63) is 23.8 Å². The number of methoxy groups -OCH3 is 1. The maximum absolute atomic E-state index is 11.7. The molecule has 1 rings (SSSR count). The first-order valence-corrected chi connectivity index (χ1v) is 6.77. The molecular weight excluding hydrogens is 258 g/mol. The lowest BCUT2D eigenvalue weighted by molar-refractivity contribution is -0.140. The number of aromatic nitrogens is 2. The average Bonchev–Trinajstić information content (AvgIpc) is 2.46. The summed E-state index contributed by atoms with van der Waals surface area (Å²) in [5.41, 5.74) is 0.473. The van der Waals surface area contributed by atoms with Crippen LogP contribution in [0.4, 0.5) is 0 Å². The van der Waals surface area contributed by atoms with Gasteiger partial charge < -0.3 is 10.1 Å². The fourth-order valence-electron chi connectivity index (χ4n) is 1.66. The second-order valence-electron chi connectivity index (χ2n) is 4.52. The van der Waals surface area contributed by atoms with Gasteiger partial charge >= 0.3 is 5.97 Å². The van der Waals surface area contributed by atoms with E-state index in [2.05, 4.69) is 20.0 Å². The molecule has 6 nitrogen and oxygen atoms in total. The van der Waals surface area contributed by atoms with Gasteiger partial charge in [-0.25, -0.2) is 9.97 Å². The third-order valence-electron chi connectivity index (χ3n) is 2.86. The molecule has 1 amide bonds. The van der Waals surface area contributed by atoms with Crippen molar-refractivity contribution in [1.82, 2.24) is 15.3 Å². The number of esters is 1. The van der Waals surface area contributed by atoms with Crippen molar-refractivity contribution in [1.29, 1.82) is 0 Å². The lowest BCUT2D eigenvalue weighted by atomic mass is 10.1. The van der Waals surface area contributed by atoms with Crippen LogP contribution in [0.1, 0.15) is 48.3 Å². The van der Waals surface area contributed by atoms with E-state index in [4.69, 9.17) is 0 Å². The fourth-order valence-corrected chi connectivity index (χ4v) is 1.66. The Kier molecular flexibility index (Phi) is 7.24. The number of hydrogen-bond donors (Lipinski definition) is 1. The molecule has 0 radical (unpaired) electrons. The van der Waals surface area contributed by atoms with Crippen LogP contribution in [0.3, 0.4) is 0 Å². The summed E-state index contributed by atoms with van der Waals surface area (Å²) >= 11 is 0. The predicted molar refractivity (Wildman–Crippen MR) is 74.2 cm³/mol. The van der Waals surface area contributed by atoms with Gasteiger partial charge in [0.05, 0.1) is 12.7 Å². The second kappa shape index (κ2) is 9.01. The van der Waals surface area contributed by atoms with Crippen LogP contribution in [0.25, 0.3) is 0 Å². The number of hydrogen-bond acceptors (Lipinski definition) is 5. The van der Waals surface area contributed by atoms with Crippen molar-refractivity contribution in [3.63, 3.8) is 0 Å². The Bertz CT molecular complexity index is 432. The highest BCUT2D eigenvalue weighted by Gasteiger charge is 2.05. The molecular formula is C14H21N3O3.